The lowest BCUT2D eigenvalue weighted by Crippen LogP contribution is -2.53. The van der Waals surface area contributed by atoms with Crippen molar-refractivity contribution in [1.29, 1.82) is 0 Å². The van der Waals surface area contributed by atoms with Crippen molar-refractivity contribution in [3.63, 3.8) is 0 Å². The Kier molecular flexibility index (Phi) is 6.82. The number of esters is 1. The Bertz CT molecular complexity index is 1250. The highest BCUT2D eigenvalue weighted by molar-refractivity contribution is 8.01. The second-order valence-electron chi connectivity index (χ2n) is 9.64. The van der Waals surface area contributed by atoms with Crippen LogP contribution < -0.4 is 4.74 Å². The molecule has 1 aliphatic heterocycles. The number of ether oxygens (including phenoxy) is 2. The third-order valence-electron chi connectivity index (χ3n) is 7.28. The Balaban J connectivity index is 1.34. The number of nitrogens with one attached hydrogen (secondary N) is 1. The molecule has 1 aliphatic carbocycles. The molecule has 1 saturated carbocycles. The van der Waals surface area contributed by atoms with Crippen LogP contribution >= 0.6 is 23.4 Å². The van der Waals surface area contributed by atoms with E-state index in [4.69, 9.17) is 21.1 Å². The molecule has 0 bridgehead atoms. The second kappa shape index (κ2) is 9.86. The van der Waals surface area contributed by atoms with Gasteiger partial charge in [-0.05, 0) is 73.9 Å². The first-order chi connectivity index (χ1) is 16.9. The van der Waals surface area contributed by atoms with Gasteiger partial charge in [-0.25, -0.2) is 4.98 Å². The van der Waals surface area contributed by atoms with E-state index >= 15 is 0 Å². The van der Waals surface area contributed by atoms with Gasteiger partial charge in [0.05, 0.1) is 23.2 Å². The van der Waals surface area contributed by atoms with Gasteiger partial charge in [0.25, 0.3) is 0 Å². The largest absolute Gasteiger partial charge is 0.495 e. The van der Waals surface area contributed by atoms with Crippen LogP contribution in [0.1, 0.15) is 49.7 Å². The van der Waals surface area contributed by atoms with Gasteiger partial charge in [0.2, 0.25) is 0 Å². The Morgan fingerprint density at radius 2 is 2.00 bits per heavy atom. The van der Waals surface area contributed by atoms with Gasteiger partial charge in [-0.1, -0.05) is 48.3 Å². The second-order valence-corrected chi connectivity index (χ2v) is 11.1. The molecule has 0 spiro atoms. The van der Waals surface area contributed by atoms with Crippen molar-refractivity contribution in [2.45, 2.75) is 67.9 Å². The van der Waals surface area contributed by atoms with E-state index in [0.717, 1.165) is 59.6 Å². The maximum atomic E-state index is 13.4. The summed E-state index contributed by atoms with van der Waals surface area (Å²) in [6.07, 6.45) is 5.66. The van der Waals surface area contributed by atoms with Gasteiger partial charge in [-0.15, -0.1) is 0 Å². The summed E-state index contributed by atoms with van der Waals surface area (Å²) in [6.45, 7) is 2.01. The van der Waals surface area contributed by atoms with Crippen molar-refractivity contribution >= 4 is 46.1 Å². The zero-order chi connectivity index (χ0) is 24.6. The third kappa shape index (κ3) is 4.94. The highest BCUT2D eigenvalue weighted by atomic mass is 35.5. The van der Waals surface area contributed by atoms with Crippen LogP contribution in [0, 0.1) is 12.8 Å². The Morgan fingerprint density at radius 1 is 1.20 bits per heavy atom. The van der Waals surface area contributed by atoms with Crippen LogP contribution in [0.15, 0.2) is 41.6 Å². The quantitative estimate of drug-likeness (QED) is 0.305. The molecule has 2 heterocycles. The number of aromatic amines is 1. The lowest BCUT2D eigenvalue weighted by molar-refractivity contribution is -0.177. The molecule has 2 aliphatic rings. The number of nitrogens with zero attached hydrogens (tertiary/aromatic N) is 1. The number of methoxy groups -OCH3 is 1. The highest BCUT2D eigenvalue weighted by Crippen LogP contribution is 2.46. The number of aromatic nitrogens is 2. The number of aryl methyl sites for hydroxylation is 2. The average Bonchev–Trinajstić information content (AvgIpc) is 3.50. The summed E-state index contributed by atoms with van der Waals surface area (Å²) < 4.78 is 11.5. The van der Waals surface area contributed by atoms with Crippen molar-refractivity contribution < 1.29 is 19.1 Å². The fourth-order valence-electron chi connectivity index (χ4n) is 5.43. The summed E-state index contributed by atoms with van der Waals surface area (Å²) in [6, 6.07) is 11.6. The lowest BCUT2D eigenvalue weighted by atomic mass is 9.76. The molecule has 0 radical (unpaired) electrons. The van der Waals surface area contributed by atoms with E-state index in [0.29, 0.717) is 28.8 Å². The third-order valence-corrected chi connectivity index (χ3v) is 8.68. The Hall–Kier alpha value is -2.51. The van der Waals surface area contributed by atoms with E-state index < -0.39 is 16.8 Å². The number of rotatable bonds is 7. The predicted octanol–water partition coefficient (Wildman–Crippen LogP) is 6.07. The van der Waals surface area contributed by atoms with Crippen molar-refractivity contribution in [1.82, 2.24) is 9.97 Å². The first-order valence-electron chi connectivity index (χ1n) is 12.1. The van der Waals surface area contributed by atoms with Crippen molar-refractivity contribution in [3.8, 4) is 5.75 Å². The zero-order valence-corrected chi connectivity index (χ0v) is 21.5. The topological polar surface area (TPSA) is 81.3 Å². The lowest BCUT2D eigenvalue weighted by Gasteiger charge is -2.42. The van der Waals surface area contributed by atoms with E-state index in [1.807, 2.05) is 43.3 Å². The zero-order valence-electron chi connectivity index (χ0n) is 19.9. The predicted molar refractivity (Wildman–Crippen MR) is 137 cm³/mol. The van der Waals surface area contributed by atoms with E-state index in [1.54, 1.807) is 7.11 Å². The van der Waals surface area contributed by atoms with E-state index in [1.165, 1.54) is 0 Å². The molecule has 6 nitrogen and oxygen atoms in total. The van der Waals surface area contributed by atoms with Gasteiger partial charge >= 0.3 is 5.97 Å². The molecule has 1 saturated heterocycles. The number of cyclic esters (lactones) is 1. The first kappa shape index (κ1) is 24.2. The number of Topliss-reactive ketones (excluding diaryl/α,β-unsaturated/α-hetero) is 1. The fraction of sp³-hybridized carbons (Fsp3) is 0.444. The summed E-state index contributed by atoms with van der Waals surface area (Å²) in [5.74, 6) is 0.287. The number of benzene rings is 2. The summed E-state index contributed by atoms with van der Waals surface area (Å²) in [5.41, 5.74) is 3.09. The maximum Gasteiger partial charge on any atom is 0.327 e. The Labute approximate surface area is 214 Å². The van der Waals surface area contributed by atoms with Crippen molar-refractivity contribution in [2.24, 2.45) is 5.92 Å². The number of carbonyl (C=O) groups is 2. The molecule has 3 aromatic rings. The Morgan fingerprint density at radius 3 is 2.71 bits per heavy atom. The summed E-state index contributed by atoms with van der Waals surface area (Å²) in [7, 11) is 1.59. The van der Waals surface area contributed by atoms with Crippen LogP contribution in [0.25, 0.3) is 11.0 Å². The monoisotopic (exact) mass is 512 g/mol. The van der Waals surface area contributed by atoms with Gasteiger partial charge in [0, 0.05) is 6.42 Å². The van der Waals surface area contributed by atoms with Gasteiger partial charge in [0.15, 0.2) is 16.2 Å². The van der Waals surface area contributed by atoms with Crippen molar-refractivity contribution in [3.05, 3.63) is 52.5 Å². The molecular weight excluding hydrogens is 484 g/mol. The molecule has 35 heavy (non-hydrogen) atoms. The van der Waals surface area contributed by atoms with E-state index in [9.17, 15) is 9.59 Å². The number of carbonyl (C=O) groups excluding carboxylic acids is 2. The molecule has 8 heteroatoms. The minimum atomic E-state index is -0.901. The average molecular weight is 513 g/mol. The summed E-state index contributed by atoms with van der Waals surface area (Å²) >= 11 is 7.47. The number of H-pyrrole nitrogens is 1. The molecule has 0 amide bonds. The van der Waals surface area contributed by atoms with Crippen LogP contribution in [-0.2, 0) is 20.7 Å². The minimum Gasteiger partial charge on any atom is -0.495 e. The van der Waals surface area contributed by atoms with E-state index in [-0.39, 0.29) is 18.1 Å². The number of imidazole rings is 1. The molecular formula is C27H29ClN2O4S. The molecule has 2 aromatic carbocycles. The SMILES string of the molecule is COc1ccc(CCC2(C3CCCC3)CC(=O)C(Sc3nc4ccc(C)cc4[nH]3)C(=O)O2)cc1Cl. The molecule has 1 N–H and O–H groups in total. The number of halogens is 1. The molecule has 2 atom stereocenters. The van der Waals surface area contributed by atoms with Crippen LogP contribution in [-0.4, -0.2) is 39.7 Å². The highest BCUT2D eigenvalue weighted by Gasteiger charge is 2.52. The van der Waals surface area contributed by atoms with Crippen molar-refractivity contribution in [2.75, 3.05) is 7.11 Å². The smallest absolute Gasteiger partial charge is 0.327 e. The molecule has 2 unspecified atom stereocenters. The van der Waals surface area contributed by atoms with Gasteiger partial charge < -0.3 is 14.5 Å². The number of hydrogen-bond acceptors (Lipinski definition) is 6. The van der Waals surface area contributed by atoms with Crippen LogP contribution in [0.4, 0.5) is 0 Å². The summed E-state index contributed by atoms with van der Waals surface area (Å²) in [4.78, 5) is 34.4. The van der Waals surface area contributed by atoms with Crippen LogP contribution in [0.5, 0.6) is 5.75 Å². The molecule has 5 rings (SSSR count). The number of hydrogen-bond donors (Lipinski definition) is 1. The standard InChI is InChI=1S/C27H29ClN2O4S/c1-16-7-9-20-21(13-16)30-26(29-20)35-24-22(31)15-27(34-25(24)32,18-5-3-4-6-18)12-11-17-8-10-23(33-2)19(28)14-17/h7-10,13-14,18,24H,3-6,11-12,15H2,1-2H3,(H,29,30). The number of ketones is 1. The van der Waals surface area contributed by atoms with Gasteiger partial charge in [-0.3, -0.25) is 9.59 Å². The number of fused-ring (bicyclic) bond motifs is 1. The summed E-state index contributed by atoms with van der Waals surface area (Å²) in [5, 5.41) is 0.206. The molecule has 184 valence electrons. The normalized spacial score (nSPS) is 23.1. The minimum absolute atomic E-state index is 0.0810. The van der Waals surface area contributed by atoms with Gasteiger partial charge in [-0.2, -0.15) is 0 Å². The maximum absolute atomic E-state index is 13.4. The molecule has 1 aromatic heterocycles. The molecule has 2 fully saturated rings. The number of thioether (sulfide) groups is 1. The van der Waals surface area contributed by atoms with E-state index in [2.05, 4.69) is 9.97 Å². The van der Waals surface area contributed by atoms with Gasteiger partial charge in [0.1, 0.15) is 11.4 Å². The fourth-order valence-corrected chi connectivity index (χ4v) is 6.62. The first-order valence-corrected chi connectivity index (χ1v) is 13.3. The van der Waals surface area contributed by atoms with Crippen LogP contribution in [0.3, 0.4) is 0 Å². The van der Waals surface area contributed by atoms with Crippen LogP contribution in [0.2, 0.25) is 5.02 Å².